The number of aliphatic hydroxyl groups excluding tert-OH is 1. The number of anilines is 2. The number of aromatic nitrogens is 5. The fraction of sp³-hybridized carbons (Fsp3) is 0.559. The van der Waals surface area contributed by atoms with E-state index in [0.717, 1.165) is 18.4 Å². The zero-order valence-electron chi connectivity index (χ0n) is 28.8. The average molecular weight is 663 g/mol. The van der Waals surface area contributed by atoms with E-state index in [9.17, 15) is 14.7 Å². The van der Waals surface area contributed by atoms with Crippen LogP contribution in [0.3, 0.4) is 0 Å². The van der Waals surface area contributed by atoms with Crippen LogP contribution in [0.1, 0.15) is 78.0 Å². The van der Waals surface area contributed by atoms with Crippen LogP contribution in [0, 0.1) is 5.92 Å². The number of nitrogens with one attached hydrogen (secondary N) is 1. The molecule has 0 unspecified atom stereocenters. The number of hydrogen-bond donors (Lipinski definition) is 2. The van der Waals surface area contributed by atoms with Gasteiger partial charge in [-0.25, -0.2) is 19.6 Å². The molecular weight excluding hydrogens is 616 g/mol. The van der Waals surface area contributed by atoms with E-state index >= 15 is 0 Å². The van der Waals surface area contributed by atoms with Crippen LogP contribution in [0.2, 0.25) is 0 Å². The number of rotatable bonds is 8. The summed E-state index contributed by atoms with van der Waals surface area (Å²) in [6.07, 6.45) is 4.63. The molecule has 258 valence electrons. The normalized spacial score (nSPS) is 18.6. The van der Waals surface area contributed by atoms with Crippen molar-refractivity contribution < 1.29 is 28.9 Å². The Kier molecular flexibility index (Phi) is 8.88. The van der Waals surface area contributed by atoms with Crippen molar-refractivity contribution in [3.05, 3.63) is 47.9 Å². The molecule has 2 fully saturated rings. The van der Waals surface area contributed by atoms with Crippen LogP contribution in [0.5, 0.6) is 5.88 Å². The Morgan fingerprint density at radius 3 is 2.48 bits per heavy atom. The summed E-state index contributed by atoms with van der Waals surface area (Å²) in [6.45, 7) is 12.1. The lowest BCUT2D eigenvalue weighted by Crippen LogP contribution is -2.49. The number of amides is 2. The lowest BCUT2D eigenvalue weighted by Gasteiger charge is -2.36. The first-order chi connectivity index (χ1) is 22.7. The largest absolute Gasteiger partial charge is 0.482 e. The highest BCUT2D eigenvalue weighted by Gasteiger charge is 2.34. The van der Waals surface area contributed by atoms with E-state index in [0.29, 0.717) is 59.9 Å². The number of likely N-dealkylation sites (tertiary alicyclic amines) is 1. The van der Waals surface area contributed by atoms with E-state index in [1.54, 1.807) is 22.6 Å². The molecular formula is C34H46N8O6. The smallest absolute Gasteiger partial charge is 0.416 e. The number of carbonyl (C=O) groups excluding carboxylic acids is 2. The van der Waals surface area contributed by atoms with Crippen LogP contribution in [0.4, 0.5) is 21.2 Å². The minimum absolute atomic E-state index is 0.0960. The molecule has 0 aromatic carbocycles. The second kappa shape index (κ2) is 12.8. The highest BCUT2D eigenvalue weighted by molar-refractivity contribution is 5.88. The number of hydrogen-bond acceptors (Lipinski definition) is 10. The quantitative estimate of drug-likeness (QED) is 0.257. The topological polar surface area (TPSA) is 148 Å². The molecule has 2 N–H and O–H groups in total. The zero-order valence-corrected chi connectivity index (χ0v) is 28.8. The minimum Gasteiger partial charge on any atom is -0.482 e. The molecule has 48 heavy (non-hydrogen) atoms. The van der Waals surface area contributed by atoms with E-state index < -0.39 is 29.5 Å². The molecule has 1 aliphatic carbocycles. The van der Waals surface area contributed by atoms with Gasteiger partial charge in [-0.2, -0.15) is 9.61 Å². The van der Waals surface area contributed by atoms with Crippen LogP contribution in [-0.4, -0.2) is 90.2 Å². The van der Waals surface area contributed by atoms with Crippen LogP contribution in [0.15, 0.2) is 36.7 Å². The molecule has 2 aliphatic rings. The van der Waals surface area contributed by atoms with Gasteiger partial charge in [0, 0.05) is 36.8 Å². The predicted octanol–water partition coefficient (Wildman–Crippen LogP) is 5.23. The van der Waals surface area contributed by atoms with Gasteiger partial charge in [0.2, 0.25) is 0 Å². The van der Waals surface area contributed by atoms with Gasteiger partial charge >= 0.3 is 12.2 Å². The third-order valence-corrected chi connectivity index (χ3v) is 8.34. The van der Waals surface area contributed by atoms with Crippen molar-refractivity contribution in [3.8, 4) is 5.88 Å². The second-order valence-corrected chi connectivity index (χ2v) is 14.6. The van der Waals surface area contributed by atoms with E-state index in [2.05, 4.69) is 10.4 Å². The van der Waals surface area contributed by atoms with Crippen molar-refractivity contribution in [1.29, 1.82) is 0 Å². The number of piperidine rings is 1. The van der Waals surface area contributed by atoms with Crippen molar-refractivity contribution >= 4 is 35.1 Å². The van der Waals surface area contributed by atoms with Gasteiger partial charge in [-0.05, 0) is 78.9 Å². The molecule has 4 aromatic heterocycles. The van der Waals surface area contributed by atoms with Gasteiger partial charge in [0.1, 0.15) is 28.5 Å². The number of imidazole rings is 1. The first kappa shape index (κ1) is 33.3. The van der Waals surface area contributed by atoms with Crippen molar-refractivity contribution in [2.24, 2.45) is 5.92 Å². The molecule has 1 saturated carbocycles. The number of ether oxygens (including phenoxy) is 3. The standard InChI is InChI=1S/C34H46N8O6/c1-33(2,3)47-31(44)39-14-13-22(25(43)20-39)16-35-26-15-28(42-30(38-26)24(17-36-42)21-11-12-21)41(32(45)48-34(4,5)6)19-23-18-40-27(37-23)9-8-10-29(40)46-7/h8-10,15,17-18,21-22,25,43H,11-14,16,19-20H2,1-7H3,(H,35,38)/t22-,25+/m1/s1. The summed E-state index contributed by atoms with van der Waals surface area (Å²) in [5.41, 5.74) is 1.62. The molecule has 2 amide bonds. The first-order valence-electron chi connectivity index (χ1n) is 16.5. The Balaban J connectivity index is 1.30. The summed E-state index contributed by atoms with van der Waals surface area (Å²) in [4.78, 5) is 39.3. The fourth-order valence-corrected chi connectivity index (χ4v) is 5.87. The molecule has 2 atom stereocenters. The number of fused-ring (bicyclic) bond motifs is 2. The monoisotopic (exact) mass is 662 g/mol. The Bertz CT molecular complexity index is 1800. The molecule has 14 heteroatoms. The second-order valence-electron chi connectivity index (χ2n) is 14.6. The Hall–Kier alpha value is -4.59. The van der Waals surface area contributed by atoms with Crippen LogP contribution >= 0.6 is 0 Å². The van der Waals surface area contributed by atoms with Crippen LogP contribution < -0.4 is 15.0 Å². The van der Waals surface area contributed by atoms with Crippen molar-refractivity contribution in [1.82, 2.24) is 28.9 Å². The summed E-state index contributed by atoms with van der Waals surface area (Å²) < 4.78 is 20.4. The van der Waals surface area contributed by atoms with Crippen LogP contribution in [-0.2, 0) is 16.0 Å². The van der Waals surface area contributed by atoms with E-state index in [-0.39, 0.29) is 19.0 Å². The maximum absolute atomic E-state index is 13.9. The minimum atomic E-state index is -0.752. The summed E-state index contributed by atoms with van der Waals surface area (Å²) >= 11 is 0. The molecule has 1 aliphatic heterocycles. The number of methoxy groups -OCH3 is 1. The van der Waals surface area contributed by atoms with Gasteiger partial charge in [0.05, 0.1) is 38.2 Å². The van der Waals surface area contributed by atoms with Crippen molar-refractivity contribution in [2.45, 2.75) is 90.6 Å². The highest BCUT2D eigenvalue weighted by Crippen LogP contribution is 2.42. The Morgan fingerprint density at radius 1 is 1.06 bits per heavy atom. The van der Waals surface area contributed by atoms with Gasteiger partial charge in [-0.1, -0.05) is 6.07 Å². The molecule has 1 saturated heterocycles. The first-order valence-corrected chi connectivity index (χ1v) is 16.5. The summed E-state index contributed by atoms with van der Waals surface area (Å²) in [7, 11) is 1.60. The Labute approximate surface area is 280 Å². The zero-order chi connectivity index (χ0) is 34.4. The average Bonchev–Trinajstić information content (AvgIpc) is 3.61. The maximum atomic E-state index is 13.9. The van der Waals surface area contributed by atoms with E-state index in [1.165, 1.54) is 4.90 Å². The van der Waals surface area contributed by atoms with Gasteiger partial charge in [0.25, 0.3) is 0 Å². The number of aliphatic hydroxyl groups is 1. The lowest BCUT2D eigenvalue weighted by atomic mass is 9.94. The van der Waals surface area contributed by atoms with Gasteiger partial charge in [0.15, 0.2) is 11.5 Å². The predicted molar refractivity (Wildman–Crippen MR) is 180 cm³/mol. The third-order valence-electron chi connectivity index (χ3n) is 8.34. The summed E-state index contributed by atoms with van der Waals surface area (Å²) in [5.74, 6) is 1.85. The number of pyridine rings is 1. The highest BCUT2D eigenvalue weighted by atomic mass is 16.6. The molecule has 14 nitrogen and oxygen atoms in total. The number of nitrogens with zero attached hydrogens (tertiary/aromatic N) is 7. The molecule has 6 rings (SSSR count). The van der Waals surface area contributed by atoms with Crippen LogP contribution in [0.25, 0.3) is 11.3 Å². The molecule has 0 spiro atoms. The van der Waals surface area contributed by atoms with Gasteiger partial charge in [-0.15, -0.1) is 0 Å². The summed E-state index contributed by atoms with van der Waals surface area (Å²) in [6, 6.07) is 7.36. The van der Waals surface area contributed by atoms with Gasteiger partial charge in [-0.3, -0.25) is 9.30 Å². The summed E-state index contributed by atoms with van der Waals surface area (Å²) in [5, 5.41) is 19.1. The Morgan fingerprint density at radius 2 is 1.81 bits per heavy atom. The third kappa shape index (κ3) is 7.43. The molecule has 4 aromatic rings. The fourth-order valence-electron chi connectivity index (χ4n) is 5.87. The lowest BCUT2D eigenvalue weighted by molar-refractivity contribution is -0.0104. The van der Waals surface area contributed by atoms with Crippen molar-refractivity contribution in [2.75, 3.05) is 37.0 Å². The van der Waals surface area contributed by atoms with E-state index in [4.69, 9.17) is 24.2 Å². The van der Waals surface area contributed by atoms with Gasteiger partial charge < -0.3 is 29.5 Å². The number of carbonyl (C=O) groups is 2. The SMILES string of the molecule is COc1cccc2nc(CN(C(=O)OC(C)(C)C)c3cc(NC[C@H]4CCN(C(=O)OC(C)(C)C)C[C@@H]4O)nc4c(C5CC5)cnn34)cn12. The molecule has 5 heterocycles. The van der Waals surface area contributed by atoms with Crippen molar-refractivity contribution in [3.63, 3.8) is 0 Å². The molecule has 0 bridgehead atoms. The molecule has 0 radical (unpaired) electrons. The van der Waals surface area contributed by atoms with E-state index in [1.807, 2.05) is 76.5 Å². The maximum Gasteiger partial charge on any atom is 0.416 e. The number of β-amino-alcohol motifs (C(OH)–C–C–N with tert-alkyl or cyclic N) is 1.